The van der Waals surface area contributed by atoms with E-state index in [0.717, 1.165) is 12.8 Å². The van der Waals surface area contributed by atoms with E-state index in [9.17, 15) is 5.11 Å². The van der Waals surface area contributed by atoms with Gasteiger partial charge in [0.2, 0.25) is 0 Å². The van der Waals surface area contributed by atoms with E-state index < -0.39 is 5.79 Å². The van der Waals surface area contributed by atoms with Gasteiger partial charge in [-0.15, -0.1) is 0 Å². The highest BCUT2D eigenvalue weighted by atomic mass is 16.6. The van der Waals surface area contributed by atoms with Crippen LogP contribution in [-0.4, -0.2) is 17.0 Å². The lowest BCUT2D eigenvalue weighted by Gasteiger charge is -2.30. The average molecular weight is 174 g/mol. The molecule has 0 rings (SSSR count). The lowest BCUT2D eigenvalue weighted by Crippen LogP contribution is -2.35. The maximum atomic E-state index is 9.84. The van der Waals surface area contributed by atoms with Crippen molar-refractivity contribution in [2.75, 3.05) is 0 Å². The summed E-state index contributed by atoms with van der Waals surface area (Å²) >= 11 is 0. The van der Waals surface area contributed by atoms with E-state index >= 15 is 0 Å². The lowest BCUT2D eigenvalue weighted by molar-refractivity contribution is -0.233. The Bertz CT molecular complexity index is 104. The first-order valence-corrected chi connectivity index (χ1v) is 5.02. The third-order valence-electron chi connectivity index (χ3n) is 2.40. The fourth-order valence-electron chi connectivity index (χ4n) is 1.18. The van der Waals surface area contributed by atoms with Crippen molar-refractivity contribution in [1.29, 1.82) is 0 Å². The van der Waals surface area contributed by atoms with E-state index in [1.807, 2.05) is 13.8 Å². The second-order valence-corrected chi connectivity index (χ2v) is 3.21. The molecule has 2 nitrogen and oxygen atoms in total. The van der Waals surface area contributed by atoms with Gasteiger partial charge in [-0.1, -0.05) is 27.7 Å². The molecule has 0 aromatic heterocycles. The SMILES string of the molecule is CCC(CC)OC(O)(CC)CC. The van der Waals surface area contributed by atoms with E-state index in [1.165, 1.54) is 0 Å². The van der Waals surface area contributed by atoms with E-state index in [0.29, 0.717) is 12.8 Å². The minimum Gasteiger partial charge on any atom is -0.365 e. The van der Waals surface area contributed by atoms with Crippen molar-refractivity contribution in [2.24, 2.45) is 0 Å². The van der Waals surface area contributed by atoms with Crippen LogP contribution in [0.2, 0.25) is 0 Å². The summed E-state index contributed by atoms with van der Waals surface area (Å²) in [5.74, 6) is -0.892. The van der Waals surface area contributed by atoms with Gasteiger partial charge < -0.3 is 9.84 Å². The molecule has 0 spiro atoms. The molecule has 0 unspecified atom stereocenters. The molecule has 12 heavy (non-hydrogen) atoms. The Morgan fingerprint density at radius 3 is 1.75 bits per heavy atom. The van der Waals surface area contributed by atoms with Crippen LogP contribution in [0.15, 0.2) is 0 Å². The van der Waals surface area contributed by atoms with Gasteiger partial charge >= 0.3 is 0 Å². The van der Waals surface area contributed by atoms with Crippen LogP contribution in [0, 0.1) is 0 Å². The average Bonchev–Trinajstić information content (AvgIpc) is 2.14. The van der Waals surface area contributed by atoms with Crippen LogP contribution >= 0.6 is 0 Å². The smallest absolute Gasteiger partial charge is 0.165 e. The van der Waals surface area contributed by atoms with Gasteiger partial charge in [-0.2, -0.15) is 0 Å². The summed E-state index contributed by atoms with van der Waals surface area (Å²) in [7, 11) is 0. The number of hydrogen-bond donors (Lipinski definition) is 1. The Kier molecular flexibility index (Phi) is 5.51. The molecule has 0 heterocycles. The Morgan fingerprint density at radius 1 is 1.08 bits per heavy atom. The highest BCUT2D eigenvalue weighted by Crippen LogP contribution is 2.20. The summed E-state index contributed by atoms with van der Waals surface area (Å²) in [6.45, 7) is 8.07. The van der Waals surface area contributed by atoms with Crippen molar-refractivity contribution < 1.29 is 9.84 Å². The summed E-state index contributed by atoms with van der Waals surface area (Å²) in [6, 6.07) is 0. The lowest BCUT2D eigenvalue weighted by atomic mass is 10.1. The van der Waals surface area contributed by atoms with Crippen LogP contribution in [0.3, 0.4) is 0 Å². The predicted octanol–water partition coefficient (Wildman–Crippen LogP) is 2.70. The summed E-state index contributed by atoms with van der Waals surface area (Å²) in [5, 5.41) is 9.84. The van der Waals surface area contributed by atoms with E-state index in [4.69, 9.17) is 4.74 Å². The molecule has 0 aliphatic carbocycles. The van der Waals surface area contributed by atoms with Gasteiger partial charge in [0, 0.05) is 0 Å². The topological polar surface area (TPSA) is 29.5 Å². The van der Waals surface area contributed by atoms with Crippen LogP contribution in [0.25, 0.3) is 0 Å². The molecule has 74 valence electrons. The molecule has 0 aliphatic heterocycles. The fraction of sp³-hybridized carbons (Fsp3) is 1.00. The van der Waals surface area contributed by atoms with Crippen LogP contribution in [0.4, 0.5) is 0 Å². The predicted molar refractivity (Wildman–Crippen MR) is 51.0 cm³/mol. The van der Waals surface area contributed by atoms with Crippen molar-refractivity contribution in [1.82, 2.24) is 0 Å². The van der Waals surface area contributed by atoms with Crippen molar-refractivity contribution in [3.8, 4) is 0 Å². The van der Waals surface area contributed by atoms with Crippen molar-refractivity contribution in [3.63, 3.8) is 0 Å². The Hall–Kier alpha value is -0.0800. The molecule has 0 radical (unpaired) electrons. The van der Waals surface area contributed by atoms with Crippen LogP contribution in [0.1, 0.15) is 53.4 Å². The third kappa shape index (κ3) is 3.55. The Labute approximate surface area is 75.9 Å². The van der Waals surface area contributed by atoms with Crippen LogP contribution in [-0.2, 0) is 4.74 Å². The second-order valence-electron chi connectivity index (χ2n) is 3.21. The third-order valence-corrected chi connectivity index (χ3v) is 2.40. The van der Waals surface area contributed by atoms with Crippen LogP contribution in [0.5, 0.6) is 0 Å². The number of aliphatic hydroxyl groups is 1. The molecule has 0 atom stereocenters. The highest BCUT2D eigenvalue weighted by Gasteiger charge is 2.25. The zero-order valence-electron chi connectivity index (χ0n) is 8.76. The minimum atomic E-state index is -0.892. The molecular weight excluding hydrogens is 152 g/mol. The number of hydrogen-bond acceptors (Lipinski definition) is 2. The van der Waals surface area contributed by atoms with Gasteiger partial charge in [-0.25, -0.2) is 0 Å². The highest BCUT2D eigenvalue weighted by molar-refractivity contribution is 4.65. The minimum absolute atomic E-state index is 0.204. The molecule has 2 heteroatoms. The van der Waals surface area contributed by atoms with E-state index in [1.54, 1.807) is 0 Å². The molecule has 0 saturated carbocycles. The van der Waals surface area contributed by atoms with Gasteiger partial charge in [0.15, 0.2) is 5.79 Å². The molecule has 0 amide bonds. The normalized spacial score (nSPS) is 12.5. The Morgan fingerprint density at radius 2 is 1.50 bits per heavy atom. The van der Waals surface area contributed by atoms with Gasteiger partial charge in [-0.3, -0.25) is 0 Å². The van der Waals surface area contributed by atoms with Gasteiger partial charge in [0.25, 0.3) is 0 Å². The summed E-state index contributed by atoms with van der Waals surface area (Å²) < 4.78 is 5.59. The first kappa shape index (κ1) is 11.9. The molecule has 0 aromatic rings. The summed E-state index contributed by atoms with van der Waals surface area (Å²) in [4.78, 5) is 0. The van der Waals surface area contributed by atoms with Crippen LogP contribution < -0.4 is 0 Å². The van der Waals surface area contributed by atoms with Gasteiger partial charge in [-0.05, 0) is 25.7 Å². The first-order chi connectivity index (χ1) is 5.61. The molecule has 0 aromatic carbocycles. The van der Waals surface area contributed by atoms with Crippen molar-refractivity contribution >= 4 is 0 Å². The van der Waals surface area contributed by atoms with Gasteiger partial charge in [0.05, 0.1) is 6.10 Å². The largest absolute Gasteiger partial charge is 0.365 e. The molecule has 0 aliphatic rings. The maximum Gasteiger partial charge on any atom is 0.165 e. The monoisotopic (exact) mass is 174 g/mol. The quantitative estimate of drug-likeness (QED) is 0.627. The number of ether oxygens (including phenoxy) is 1. The number of rotatable bonds is 6. The molecular formula is C10H22O2. The van der Waals surface area contributed by atoms with E-state index in [-0.39, 0.29) is 6.10 Å². The second kappa shape index (κ2) is 5.55. The van der Waals surface area contributed by atoms with Crippen molar-refractivity contribution in [3.05, 3.63) is 0 Å². The van der Waals surface area contributed by atoms with Gasteiger partial charge in [0.1, 0.15) is 0 Å². The molecule has 0 fully saturated rings. The first-order valence-electron chi connectivity index (χ1n) is 5.02. The van der Waals surface area contributed by atoms with E-state index in [2.05, 4.69) is 13.8 Å². The molecule has 0 bridgehead atoms. The fourth-order valence-corrected chi connectivity index (χ4v) is 1.18. The molecule has 1 N–H and O–H groups in total. The zero-order chi connectivity index (χ0) is 9.61. The maximum absolute atomic E-state index is 9.84. The Balaban J connectivity index is 3.99. The standard InChI is InChI=1S/C10H22O2/c1-5-9(6-2)12-10(11,7-3)8-4/h9,11H,5-8H2,1-4H3. The van der Waals surface area contributed by atoms with Crippen molar-refractivity contribution in [2.45, 2.75) is 65.3 Å². The summed E-state index contributed by atoms with van der Waals surface area (Å²) in [6.07, 6.45) is 3.48. The molecule has 0 saturated heterocycles. The summed E-state index contributed by atoms with van der Waals surface area (Å²) in [5.41, 5.74) is 0. The zero-order valence-corrected chi connectivity index (χ0v) is 8.76.